The van der Waals surface area contributed by atoms with Gasteiger partial charge in [-0.3, -0.25) is 4.99 Å². The molecule has 0 bridgehead atoms. The second-order valence-corrected chi connectivity index (χ2v) is 3.99. The van der Waals surface area contributed by atoms with Gasteiger partial charge in [0.15, 0.2) is 0 Å². The van der Waals surface area contributed by atoms with Crippen molar-refractivity contribution >= 4 is 5.71 Å². The SMILES string of the molecule is C=CCC(N=C(C)C)C(C)/C(C)=C/C. The third kappa shape index (κ3) is 4.40. The molecule has 0 saturated carbocycles. The van der Waals surface area contributed by atoms with Crippen LogP contribution in [0.4, 0.5) is 0 Å². The number of allylic oxidation sites excluding steroid dienone is 1. The molecule has 0 N–H and O–H groups in total. The Morgan fingerprint density at radius 2 is 1.93 bits per heavy atom. The fraction of sp³-hybridized carbons (Fsp3) is 0.615. The normalized spacial score (nSPS) is 15.9. The zero-order chi connectivity index (χ0) is 11.1. The van der Waals surface area contributed by atoms with Crippen molar-refractivity contribution in [2.75, 3.05) is 0 Å². The maximum Gasteiger partial charge on any atom is 0.0595 e. The van der Waals surface area contributed by atoms with E-state index in [1.165, 1.54) is 5.57 Å². The largest absolute Gasteiger partial charge is 0.290 e. The molecule has 0 heterocycles. The quantitative estimate of drug-likeness (QED) is 0.462. The highest BCUT2D eigenvalue weighted by atomic mass is 14.8. The Kier molecular flexibility index (Phi) is 6.18. The summed E-state index contributed by atoms with van der Waals surface area (Å²) in [4.78, 5) is 4.64. The van der Waals surface area contributed by atoms with Crippen LogP contribution in [0.2, 0.25) is 0 Å². The average molecular weight is 193 g/mol. The van der Waals surface area contributed by atoms with Crippen LogP contribution in [0.5, 0.6) is 0 Å². The van der Waals surface area contributed by atoms with Gasteiger partial charge in [-0.2, -0.15) is 0 Å². The van der Waals surface area contributed by atoms with Gasteiger partial charge in [0.25, 0.3) is 0 Å². The smallest absolute Gasteiger partial charge is 0.0595 e. The molecule has 0 spiro atoms. The Morgan fingerprint density at radius 3 is 2.29 bits per heavy atom. The van der Waals surface area contributed by atoms with Crippen molar-refractivity contribution in [3.63, 3.8) is 0 Å². The van der Waals surface area contributed by atoms with Gasteiger partial charge in [0, 0.05) is 5.71 Å². The Morgan fingerprint density at radius 1 is 1.36 bits per heavy atom. The van der Waals surface area contributed by atoms with E-state index in [1.54, 1.807) is 0 Å². The van der Waals surface area contributed by atoms with E-state index >= 15 is 0 Å². The summed E-state index contributed by atoms with van der Waals surface area (Å²) < 4.78 is 0. The predicted octanol–water partition coefficient (Wildman–Crippen LogP) is 4.01. The highest BCUT2D eigenvalue weighted by molar-refractivity contribution is 5.79. The van der Waals surface area contributed by atoms with E-state index in [0.717, 1.165) is 12.1 Å². The van der Waals surface area contributed by atoms with Crippen LogP contribution in [0.3, 0.4) is 0 Å². The van der Waals surface area contributed by atoms with Gasteiger partial charge in [0.1, 0.15) is 0 Å². The first kappa shape index (κ1) is 13.2. The molecule has 0 aliphatic rings. The molecule has 14 heavy (non-hydrogen) atoms. The fourth-order valence-corrected chi connectivity index (χ4v) is 1.44. The van der Waals surface area contributed by atoms with E-state index in [2.05, 4.69) is 38.4 Å². The first-order valence-corrected chi connectivity index (χ1v) is 5.27. The Hall–Kier alpha value is -0.850. The minimum Gasteiger partial charge on any atom is -0.290 e. The second kappa shape index (κ2) is 6.58. The Labute approximate surface area is 88.6 Å². The highest BCUT2D eigenvalue weighted by Crippen LogP contribution is 2.20. The van der Waals surface area contributed by atoms with E-state index in [-0.39, 0.29) is 0 Å². The number of rotatable bonds is 5. The maximum atomic E-state index is 4.64. The van der Waals surface area contributed by atoms with Gasteiger partial charge in [-0.1, -0.05) is 24.6 Å². The zero-order valence-corrected chi connectivity index (χ0v) is 10.2. The molecule has 2 unspecified atom stereocenters. The molecule has 0 aliphatic heterocycles. The van der Waals surface area contributed by atoms with Gasteiger partial charge in [-0.25, -0.2) is 0 Å². The second-order valence-electron chi connectivity index (χ2n) is 3.99. The predicted molar refractivity (Wildman–Crippen MR) is 66.0 cm³/mol. The maximum absolute atomic E-state index is 4.64. The summed E-state index contributed by atoms with van der Waals surface area (Å²) in [6.45, 7) is 14.4. The summed E-state index contributed by atoms with van der Waals surface area (Å²) in [7, 11) is 0. The van der Waals surface area contributed by atoms with Crippen molar-refractivity contribution in [3.8, 4) is 0 Å². The molecule has 0 aromatic rings. The molecule has 0 fully saturated rings. The molecular weight excluding hydrogens is 170 g/mol. The molecule has 0 aromatic carbocycles. The van der Waals surface area contributed by atoms with Crippen molar-refractivity contribution in [3.05, 3.63) is 24.3 Å². The van der Waals surface area contributed by atoms with Crippen LogP contribution in [0.15, 0.2) is 29.3 Å². The van der Waals surface area contributed by atoms with E-state index in [9.17, 15) is 0 Å². The molecule has 0 rings (SSSR count). The van der Waals surface area contributed by atoms with Crippen LogP contribution in [0.1, 0.15) is 41.0 Å². The molecule has 0 radical (unpaired) electrons. The van der Waals surface area contributed by atoms with Gasteiger partial charge in [0.2, 0.25) is 0 Å². The minimum atomic E-state index is 0.355. The van der Waals surface area contributed by atoms with Gasteiger partial charge in [-0.05, 0) is 40.0 Å². The summed E-state index contributed by atoms with van der Waals surface area (Å²) in [6, 6.07) is 0.355. The van der Waals surface area contributed by atoms with Crippen molar-refractivity contribution < 1.29 is 0 Å². The highest BCUT2D eigenvalue weighted by Gasteiger charge is 2.15. The Bertz CT molecular complexity index is 232. The first-order valence-electron chi connectivity index (χ1n) is 5.27. The van der Waals surface area contributed by atoms with Gasteiger partial charge >= 0.3 is 0 Å². The lowest BCUT2D eigenvalue weighted by atomic mass is 9.92. The third-order valence-electron chi connectivity index (χ3n) is 2.58. The van der Waals surface area contributed by atoms with Crippen LogP contribution >= 0.6 is 0 Å². The summed E-state index contributed by atoms with van der Waals surface area (Å²) >= 11 is 0. The van der Waals surface area contributed by atoms with Gasteiger partial charge in [0.05, 0.1) is 6.04 Å². The third-order valence-corrected chi connectivity index (χ3v) is 2.58. The molecular formula is C13H23N. The van der Waals surface area contributed by atoms with Crippen molar-refractivity contribution in [1.29, 1.82) is 0 Å². The standard InChI is InChI=1S/C13H23N/c1-7-9-13(14-10(3)4)12(6)11(5)8-2/h7-8,12-13H,1,9H2,2-6H3/b11-8+. The topological polar surface area (TPSA) is 12.4 Å². The van der Waals surface area contributed by atoms with Crippen LogP contribution in [0, 0.1) is 5.92 Å². The van der Waals surface area contributed by atoms with Crippen molar-refractivity contribution in [2.45, 2.75) is 47.1 Å². The lowest BCUT2D eigenvalue weighted by Crippen LogP contribution is -2.17. The zero-order valence-electron chi connectivity index (χ0n) is 10.2. The Balaban J connectivity index is 4.64. The van der Waals surface area contributed by atoms with Crippen LogP contribution in [-0.2, 0) is 0 Å². The molecule has 0 aromatic heterocycles. The molecule has 1 heteroatoms. The van der Waals surface area contributed by atoms with Crippen LogP contribution < -0.4 is 0 Å². The van der Waals surface area contributed by atoms with Crippen molar-refractivity contribution in [2.24, 2.45) is 10.9 Å². The first-order chi connectivity index (χ1) is 6.52. The molecule has 0 saturated heterocycles. The number of hydrogen-bond acceptors (Lipinski definition) is 1. The molecule has 80 valence electrons. The van der Waals surface area contributed by atoms with Crippen LogP contribution in [0.25, 0.3) is 0 Å². The molecule has 1 nitrogen and oxygen atoms in total. The van der Waals surface area contributed by atoms with Crippen LogP contribution in [-0.4, -0.2) is 11.8 Å². The van der Waals surface area contributed by atoms with E-state index < -0.39 is 0 Å². The van der Waals surface area contributed by atoms with E-state index in [1.807, 2.05) is 19.9 Å². The summed E-state index contributed by atoms with van der Waals surface area (Å²) in [5, 5.41) is 0. The molecule has 0 amide bonds. The van der Waals surface area contributed by atoms with Gasteiger partial charge in [-0.15, -0.1) is 6.58 Å². The monoisotopic (exact) mass is 193 g/mol. The minimum absolute atomic E-state index is 0.355. The van der Waals surface area contributed by atoms with Gasteiger partial charge < -0.3 is 0 Å². The summed E-state index contributed by atoms with van der Waals surface area (Å²) in [5.41, 5.74) is 2.55. The summed E-state index contributed by atoms with van der Waals surface area (Å²) in [5.74, 6) is 0.507. The number of aliphatic imine (C=N–C) groups is 1. The lowest BCUT2D eigenvalue weighted by molar-refractivity contribution is 0.522. The molecule has 2 atom stereocenters. The fourth-order valence-electron chi connectivity index (χ4n) is 1.44. The van der Waals surface area contributed by atoms with Crippen molar-refractivity contribution in [1.82, 2.24) is 0 Å². The number of nitrogens with zero attached hydrogens (tertiary/aromatic N) is 1. The average Bonchev–Trinajstić information content (AvgIpc) is 2.14. The van der Waals surface area contributed by atoms with E-state index in [0.29, 0.717) is 12.0 Å². The lowest BCUT2D eigenvalue weighted by Gasteiger charge is -2.20. The van der Waals surface area contributed by atoms with E-state index in [4.69, 9.17) is 0 Å². The number of hydrogen-bond donors (Lipinski definition) is 0. The summed E-state index contributed by atoms with van der Waals surface area (Å²) in [6.07, 6.45) is 5.08. The molecule has 0 aliphatic carbocycles.